The molecule has 1 aromatic carbocycles. The van der Waals surface area contributed by atoms with Crippen molar-refractivity contribution in [1.82, 2.24) is 0 Å². The maximum absolute atomic E-state index is 12.5. The van der Waals surface area contributed by atoms with Gasteiger partial charge in [0, 0.05) is 12.1 Å². The molecule has 0 amide bonds. The average Bonchev–Trinajstić information content (AvgIpc) is 1.82. The SMILES string of the molecule is O=[N+]([O-])c1c(O)cc(F)cc1F. The largest absolute Gasteiger partial charge is 0.502 e. The minimum Gasteiger partial charge on any atom is -0.502 e. The Balaban J connectivity index is 3.38. The minimum atomic E-state index is -1.39. The number of phenols is 1. The highest BCUT2D eigenvalue weighted by Gasteiger charge is 2.21. The summed E-state index contributed by atoms with van der Waals surface area (Å²) < 4.78 is 24.8. The average molecular weight is 175 g/mol. The van der Waals surface area contributed by atoms with E-state index in [0.29, 0.717) is 12.1 Å². The van der Waals surface area contributed by atoms with Gasteiger partial charge in [0.25, 0.3) is 0 Å². The number of nitro groups is 1. The number of halogens is 2. The Bertz CT molecular complexity index is 317. The number of phenolic OH excluding ortho intramolecular Hbond substituents is 1. The van der Waals surface area contributed by atoms with Gasteiger partial charge in [0.1, 0.15) is 5.82 Å². The Labute approximate surface area is 65.2 Å². The van der Waals surface area contributed by atoms with Crippen LogP contribution in [0, 0.1) is 21.7 Å². The number of aromatic hydroxyl groups is 1. The molecule has 0 saturated heterocycles. The van der Waals surface area contributed by atoms with E-state index in [0.717, 1.165) is 0 Å². The molecule has 0 heterocycles. The van der Waals surface area contributed by atoms with E-state index in [1.165, 1.54) is 0 Å². The molecule has 0 unspecified atom stereocenters. The fraction of sp³-hybridized carbons (Fsp3) is 0. The lowest BCUT2D eigenvalue weighted by atomic mass is 10.3. The molecule has 1 N–H and O–H groups in total. The van der Waals surface area contributed by atoms with Crippen LogP contribution >= 0.6 is 0 Å². The Morgan fingerprint density at radius 1 is 1.42 bits per heavy atom. The van der Waals surface area contributed by atoms with Gasteiger partial charge in [0.15, 0.2) is 5.75 Å². The maximum Gasteiger partial charge on any atom is 0.346 e. The van der Waals surface area contributed by atoms with Gasteiger partial charge in [-0.15, -0.1) is 0 Å². The maximum atomic E-state index is 12.5. The van der Waals surface area contributed by atoms with E-state index in [9.17, 15) is 18.9 Å². The molecule has 0 aliphatic heterocycles. The molecule has 0 aliphatic rings. The summed E-state index contributed by atoms with van der Waals surface area (Å²) in [6, 6.07) is 0.805. The number of hydrogen-bond acceptors (Lipinski definition) is 3. The van der Waals surface area contributed by atoms with Gasteiger partial charge < -0.3 is 5.11 Å². The van der Waals surface area contributed by atoms with E-state index >= 15 is 0 Å². The molecular formula is C6H3F2NO3. The topological polar surface area (TPSA) is 63.4 Å². The van der Waals surface area contributed by atoms with E-state index in [2.05, 4.69) is 0 Å². The van der Waals surface area contributed by atoms with Gasteiger partial charge in [0.05, 0.1) is 4.92 Å². The number of rotatable bonds is 1. The van der Waals surface area contributed by atoms with Gasteiger partial charge in [-0.25, -0.2) is 4.39 Å². The number of benzene rings is 1. The van der Waals surface area contributed by atoms with Crippen LogP contribution in [0.4, 0.5) is 14.5 Å². The molecule has 0 fully saturated rings. The van der Waals surface area contributed by atoms with Crippen molar-refractivity contribution in [3.05, 3.63) is 33.9 Å². The van der Waals surface area contributed by atoms with Crippen LogP contribution in [0.1, 0.15) is 0 Å². The van der Waals surface area contributed by atoms with Crippen molar-refractivity contribution in [3.63, 3.8) is 0 Å². The standard InChI is InChI=1S/C6H3F2NO3/c7-3-1-4(8)6(9(11)12)5(10)2-3/h1-2,10H. The van der Waals surface area contributed by atoms with Crippen molar-refractivity contribution in [1.29, 1.82) is 0 Å². The zero-order valence-corrected chi connectivity index (χ0v) is 5.62. The molecule has 0 bridgehead atoms. The molecule has 0 aromatic heterocycles. The molecule has 0 atom stereocenters. The molecule has 0 spiro atoms. The molecule has 0 saturated carbocycles. The van der Waals surface area contributed by atoms with Crippen LogP contribution in [0.25, 0.3) is 0 Å². The van der Waals surface area contributed by atoms with Crippen molar-refractivity contribution in [2.45, 2.75) is 0 Å². The van der Waals surface area contributed by atoms with Crippen molar-refractivity contribution in [3.8, 4) is 5.75 Å². The number of nitrogens with zero attached hydrogens (tertiary/aromatic N) is 1. The quantitative estimate of drug-likeness (QED) is 0.520. The normalized spacial score (nSPS) is 9.83. The fourth-order valence-corrected chi connectivity index (χ4v) is 0.733. The summed E-state index contributed by atoms with van der Waals surface area (Å²) in [4.78, 5) is 8.92. The van der Waals surface area contributed by atoms with Gasteiger partial charge in [-0.3, -0.25) is 10.1 Å². The highest BCUT2D eigenvalue weighted by Crippen LogP contribution is 2.29. The van der Waals surface area contributed by atoms with Crippen molar-refractivity contribution in [2.24, 2.45) is 0 Å². The summed E-state index contributed by atoms with van der Waals surface area (Å²) in [5, 5.41) is 18.8. The lowest BCUT2D eigenvalue weighted by Gasteiger charge is -1.96. The van der Waals surface area contributed by atoms with Crippen molar-refractivity contribution >= 4 is 5.69 Å². The smallest absolute Gasteiger partial charge is 0.346 e. The van der Waals surface area contributed by atoms with Crippen molar-refractivity contribution < 1.29 is 18.8 Å². The van der Waals surface area contributed by atoms with Crippen LogP contribution in [0.3, 0.4) is 0 Å². The predicted octanol–water partition coefficient (Wildman–Crippen LogP) is 1.58. The predicted molar refractivity (Wildman–Crippen MR) is 34.7 cm³/mol. The molecule has 1 rings (SSSR count). The third-order valence-electron chi connectivity index (χ3n) is 1.19. The van der Waals surface area contributed by atoms with E-state index in [1.54, 1.807) is 0 Å². The summed E-state index contributed by atoms with van der Waals surface area (Å²) in [6.07, 6.45) is 0. The minimum absolute atomic E-state index is 0.331. The second-order valence-electron chi connectivity index (χ2n) is 2.01. The summed E-state index contributed by atoms with van der Waals surface area (Å²) in [5.74, 6) is -3.47. The van der Waals surface area contributed by atoms with Crippen molar-refractivity contribution in [2.75, 3.05) is 0 Å². The van der Waals surface area contributed by atoms with Crippen LogP contribution in [-0.2, 0) is 0 Å². The lowest BCUT2D eigenvalue weighted by molar-refractivity contribution is -0.388. The highest BCUT2D eigenvalue weighted by molar-refractivity contribution is 5.46. The van der Waals surface area contributed by atoms with Crippen LogP contribution in [0.2, 0.25) is 0 Å². The van der Waals surface area contributed by atoms with Gasteiger partial charge in [0.2, 0.25) is 5.82 Å². The van der Waals surface area contributed by atoms with E-state index in [1.807, 2.05) is 0 Å². The zero-order valence-electron chi connectivity index (χ0n) is 5.62. The molecule has 6 heteroatoms. The second-order valence-corrected chi connectivity index (χ2v) is 2.01. The van der Waals surface area contributed by atoms with Crippen LogP contribution < -0.4 is 0 Å². The Kier molecular flexibility index (Phi) is 1.90. The first kappa shape index (κ1) is 8.38. The molecule has 4 nitrogen and oxygen atoms in total. The first-order valence-corrected chi connectivity index (χ1v) is 2.85. The first-order chi connectivity index (χ1) is 5.52. The van der Waals surface area contributed by atoms with E-state index in [-0.39, 0.29) is 0 Å². The van der Waals surface area contributed by atoms with E-state index in [4.69, 9.17) is 5.11 Å². The third-order valence-corrected chi connectivity index (χ3v) is 1.19. The summed E-state index contributed by atoms with van der Waals surface area (Å²) in [5.41, 5.74) is -1.11. The van der Waals surface area contributed by atoms with Gasteiger partial charge in [-0.2, -0.15) is 4.39 Å². The number of hydrogen-bond donors (Lipinski definition) is 1. The van der Waals surface area contributed by atoms with Crippen LogP contribution in [0.15, 0.2) is 12.1 Å². The zero-order chi connectivity index (χ0) is 9.30. The fourth-order valence-electron chi connectivity index (χ4n) is 0.733. The van der Waals surface area contributed by atoms with Gasteiger partial charge in [-0.05, 0) is 0 Å². The summed E-state index contributed by atoms with van der Waals surface area (Å²) >= 11 is 0. The molecule has 64 valence electrons. The lowest BCUT2D eigenvalue weighted by Crippen LogP contribution is -1.93. The molecular weight excluding hydrogens is 172 g/mol. The Morgan fingerprint density at radius 2 is 2.00 bits per heavy atom. The number of nitro benzene ring substituents is 1. The summed E-state index contributed by atoms with van der Waals surface area (Å²) in [7, 11) is 0. The second kappa shape index (κ2) is 2.72. The monoisotopic (exact) mass is 175 g/mol. The molecule has 0 aliphatic carbocycles. The van der Waals surface area contributed by atoms with Crippen LogP contribution in [-0.4, -0.2) is 10.0 Å². The van der Waals surface area contributed by atoms with E-state index < -0.39 is 28.0 Å². The highest BCUT2D eigenvalue weighted by atomic mass is 19.1. The first-order valence-electron chi connectivity index (χ1n) is 2.85. The Hall–Kier alpha value is -1.72. The van der Waals surface area contributed by atoms with Gasteiger partial charge in [-0.1, -0.05) is 0 Å². The molecule has 0 radical (unpaired) electrons. The molecule has 1 aromatic rings. The summed E-state index contributed by atoms with van der Waals surface area (Å²) in [6.45, 7) is 0. The third kappa shape index (κ3) is 1.31. The Morgan fingerprint density at radius 3 is 2.42 bits per heavy atom. The van der Waals surface area contributed by atoms with Gasteiger partial charge >= 0.3 is 5.69 Å². The molecule has 12 heavy (non-hydrogen) atoms. The van der Waals surface area contributed by atoms with Crippen LogP contribution in [0.5, 0.6) is 5.75 Å².